The van der Waals surface area contributed by atoms with Crippen LogP contribution in [0.1, 0.15) is 15.9 Å². The van der Waals surface area contributed by atoms with Gasteiger partial charge in [0, 0.05) is 5.56 Å². The number of rotatable bonds is 5. The third-order valence-electron chi connectivity index (χ3n) is 4.46. The number of benzene rings is 3. The standard InChI is InChI=1S/C22H17NO5/c24-19(17-7-8-20-18(11-17)23-21(25)13-27-20)12-28-22(26)10-14-5-6-15-3-1-2-4-16(15)9-14/h1-9,11H,10,12-13H2,(H,23,25). The Morgan fingerprint density at radius 3 is 2.68 bits per heavy atom. The number of ether oxygens (including phenoxy) is 2. The van der Waals surface area contributed by atoms with E-state index in [-0.39, 0.29) is 31.3 Å². The van der Waals surface area contributed by atoms with E-state index in [1.807, 2.05) is 42.5 Å². The lowest BCUT2D eigenvalue weighted by Crippen LogP contribution is -2.25. The second-order valence-electron chi connectivity index (χ2n) is 6.49. The highest BCUT2D eigenvalue weighted by atomic mass is 16.5. The number of hydrogen-bond acceptors (Lipinski definition) is 5. The van der Waals surface area contributed by atoms with Gasteiger partial charge in [0.05, 0.1) is 12.1 Å². The molecule has 0 fully saturated rings. The van der Waals surface area contributed by atoms with Crippen molar-refractivity contribution in [1.82, 2.24) is 0 Å². The van der Waals surface area contributed by atoms with Crippen LogP contribution in [0.25, 0.3) is 10.8 Å². The van der Waals surface area contributed by atoms with E-state index < -0.39 is 5.97 Å². The maximum atomic E-state index is 12.3. The lowest BCUT2D eigenvalue weighted by molar-refractivity contribution is -0.141. The monoisotopic (exact) mass is 375 g/mol. The van der Waals surface area contributed by atoms with Crippen molar-refractivity contribution in [2.24, 2.45) is 0 Å². The van der Waals surface area contributed by atoms with Gasteiger partial charge in [-0.15, -0.1) is 0 Å². The number of ketones is 1. The summed E-state index contributed by atoms with van der Waals surface area (Å²) in [6.45, 7) is -0.410. The van der Waals surface area contributed by atoms with Gasteiger partial charge in [-0.25, -0.2) is 0 Å². The van der Waals surface area contributed by atoms with E-state index in [1.54, 1.807) is 12.1 Å². The highest BCUT2D eigenvalue weighted by molar-refractivity contribution is 6.01. The lowest BCUT2D eigenvalue weighted by atomic mass is 10.1. The molecule has 0 aliphatic carbocycles. The van der Waals surface area contributed by atoms with Crippen molar-refractivity contribution < 1.29 is 23.9 Å². The van der Waals surface area contributed by atoms with Gasteiger partial charge in [0.1, 0.15) is 5.75 Å². The van der Waals surface area contributed by atoms with Crippen molar-refractivity contribution in [3.05, 3.63) is 71.8 Å². The minimum atomic E-state index is -0.474. The summed E-state index contributed by atoms with van der Waals surface area (Å²) >= 11 is 0. The van der Waals surface area contributed by atoms with Gasteiger partial charge in [0.2, 0.25) is 0 Å². The van der Waals surface area contributed by atoms with E-state index in [9.17, 15) is 14.4 Å². The number of fused-ring (bicyclic) bond motifs is 2. The summed E-state index contributed by atoms with van der Waals surface area (Å²) in [5.74, 6) is -0.601. The molecule has 3 aromatic rings. The minimum absolute atomic E-state index is 0.0489. The summed E-state index contributed by atoms with van der Waals surface area (Å²) in [5.41, 5.74) is 1.59. The van der Waals surface area contributed by atoms with E-state index in [2.05, 4.69) is 5.32 Å². The number of Topliss-reactive ketones (excluding diaryl/α,β-unsaturated/α-hetero) is 1. The molecule has 6 nitrogen and oxygen atoms in total. The number of anilines is 1. The van der Waals surface area contributed by atoms with Gasteiger partial charge in [-0.2, -0.15) is 0 Å². The Morgan fingerprint density at radius 1 is 1.00 bits per heavy atom. The summed E-state index contributed by atoms with van der Waals surface area (Å²) in [5, 5.41) is 4.78. The molecule has 1 amide bonds. The maximum Gasteiger partial charge on any atom is 0.310 e. The van der Waals surface area contributed by atoms with Crippen LogP contribution in [0, 0.1) is 0 Å². The molecule has 0 unspecified atom stereocenters. The third kappa shape index (κ3) is 3.86. The van der Waals surface area contributed by atoms with E-state index in [1.165, 1.54) is 6.07 Å². The first-order chi connectivity index (χ1) is 13.6. The van der Waals surface area contributed by atoms with E-state index >= 15 is 0 Å². The predicted molar refractivity (Wildman–Crippen MR) is 104 cm³/mol. The van der Waals surface area contributed by atoms with Crippen LogP contribution < -0.4 is 10.1 Å². The van der Waals surface area contributed by atoms with E-state index in [4.69, 9.17) is 9.47 Å². The van der Waals surface area contributed by atoms with Crippen LogP contribution >= 0.6 is 0 Å². The van der Waals surface area contributed by atoms with Gasteiger partial charge in [-0.1, -0.05) is 42.5 Å². The van der Waals surface area contributed by atoms with Crippen LogP contribution in [-0.4, -0.2) is 30.9 Å². The molecule has 0 aromatic heterocycles. The van der Waals surface area contributed by atoms with Crippen LogP contribution in [0.15, 0.2) is 60.7 Å². The Balaban J connectivity index is 1.37. The zero-order valence-corrected chi connectivity index (χ0v) is 14.9. The lowest BCUT2D eigenvalue weighted by Gasteiger charge is -2.18. The number of esters is 1. The van der Waals surface area contributed by atoms with Crippen molar-refractivity contribution in [3.8, 4) is 5.75 Å². The second-order valence-corrected chi connectivity index (χ2v) is 6.49. The van der Waals surface area contributed by atoms with Crippen LogP contribution in [-0.2, 0) is 20.7 Å². The van der Waals surface area contributed by atoms with Gasteiger partial charge in [-0.05, 0) is 34.5 Å². The van der Waals surface area contributed by atoms with Crippen LogP contribution in [0.2, 0.25) is 0 Å². The largest absolute Gasteiger partial charge is 0.482 e. The Labute approximate surface area is 161 Å². The number of hydrogen-bond donors (Lipinski definition) is 1. The Hall–Kier alpha value is -3.67. The van der Waals surface area contributed by atoms with Crippen LogP contribution in [0.4, 0.5) is 5.69 Å². The normalized spacial score (nSPS) is 12.6. The van der Waals surface area contributed by atoms with Gasteiger partial charge < -0.3 is 14.8 Å². The van der Waals surface area contributed by atoms with E-state index in [0.717, 1.165) is 16.3 Å². The average molecular weight is 375 g/mol. The zero-order valence-electron chi connectivity index (χ0n) is 14.9. The van der Waals surface area contributed by atoms with Gasteiger partial charge in [-0.3, -0.25) is 14.4 Å². The molecule has 28 heavy (non-hydrogen) atoms. The van der Waals surface area contributed by atoms with Crippen molar-refractivity contribution in [3.63, 3.8) is 0 Å². The Bertz CT molecular complexity index is 1090. The smallest absolute Gasteiger partial charge is 0.310 e. The summed E-state index contributed by atoms with van der Waals surface area (Å²) < 4.78 is 10.4. The van der Waals surface area contributed by atoms with Crippen molar-refractivity contribution in [2.45, 2.75) is 6.42 Å². The molecule has 6 heteroatoms. The Kier molecular flexibility index (Phi) is 4.76. The molecule has 0 bridgehead atoms. The highest BCUT2D eigenvalue weighted by Gasteiger charge is 2.18. The van der Waals surface area contributed by atoms with Crippen molar-refractivity contribution in [1.29, 1.82) is 0 Å². The first-order valence-corrected chi connectivity index (χ1v) is 8.82. The molecule has 3 aromatic carbocycles. The summed E-state index contributed by atoms with van der Waals surface area (Å²) in [7, 11) is 0. The number of amides is 1. The fourth-order valence-electron chi connectivity index (χ4n) is 3.05. The number of carbonyl (C=O) groups is 3. The molecule has 1 heterocycles. The topological polar surface area (TPSA) is 81.7 Å². The fourth-order valence-corrected chi connectivity index (χ4v) is 3.05. The maximum absolute atomic E-state index is 12.3. The summed E-state index contributed by atoms with van der Waals surface area (Å²) in [6.07, 6.45) is 0.0895. The molecular weight excluding hydrogens is 358 g/mol. The van der Waals surface area contributed by atoms with E-state index in [0.29, 0.717) is 17.0 Å². The Morgan fingerprint density at radius 2 is 1.82 bits per heavy atom. The van der Waals surface area contributed by atoms with Gasteiger partial charge >= 0.3 is 5.97 Å². The van der Waals surface area contributed by atoms with Crippen LogP contribution in [0.3, 0.4) is 0 Å². The summed E-state index contributed by atoms with van der Waals surface area (Å²) in [4.78, 5) is 35.8. The van der Waals surface area contributed by atoms with Crippen LogP contribution in [0.5, 0.6) is 5.75 Å². The molecule has 1 aliphatic heterocycles. The SMILES string of the molecule is O=C1COc2ccc(C(=O)COC(=O)Cc3ccc4ccccc4c3)cc2N1. The van der Waals surface area contributed by atoms with Gasteiger partial charge in [0.15, 0.2) is 19.0 Å². The number of carbonyl (C=O) groups excluding carboxylic acids is 3. The molecule has 0 spiro atoms. The molecule has 1 aliphatic rings. The molecule has 4 rings (SSSR count). The molecule has 0 radical (unpaired) electrons. The third-order valence-corrected chi connectivity index (χ3v) is 4.46. The second kappa shape index (κ2) is 7.52. The summed E-state index contributed by atoms with van der Waals surface area (Å²) in [6, 6.07) is 18.3. The first kappa shape index (κ1) is 17.7. The van der Waals surface area contributed by atoms with Crippen molar-refractivity contribution in [2.75, 3.05) is 18.5 Å². The predicted octanol–water partition coefficient (Wildman–Crippen LogP) is 3.14. The fraction of sp³-hybridized carbons (Fsp3) is 0.136. The molecule has 0 saturated carbocycles. The molecular formula is C22H17NO5. The van der Waals surface area contributed by atoms with Gasteiger partial charge in [0.25, 0.3) is 5.91 Å². The molecule has 0 atom stereocenters. The first-order valence-electron chi connectivity index (χ1n) is 8.82. The molecule has 1 N–H and O–H groups in total. The highest BCUT2D eigenvalue weighted by Crippen LogP contribution is 2.28. The number of nitrogens with one attached hydrogen (secondary N) is 1. The molecule has 0 saturated heterocycles. The molecule has 140 valence electrons. The quantitative estimate of drug-likeness (QED) is 0.547. The van der Waals surface area contributed by atoms with Crippen molar-refractivity contribution >= 4 is 34.1 Å². The zero-order chi connectivity index (χ0) is 19.5. The average Bonchev–Trinajstić information content (AvgIpc) is 2.71. The minimum Gasteiger partial charge on any atom is -0.482 e.